The molecule has 2 saturated heterocycles. The first-order valence-electron chi connectivity index (χ1n) is 11.6. The van der Waals surface area contributed by atoms with Crippen LogP contribution in [0.15, 0.2) is 48.5 Å². The average Bonchev–Trinajstić information content (AvgIpc) is 2.82. The number of rotatable bonds is 5. The molecule has 2 aliphatic rings. The van der Waals surface area contributed by atoms with E-state index in [0.29, 0.717) is 38.3 Å². The van der Waals surface area contributed by atoms with Crippen LogP contribution in [0.4, 0.5) is 5.69 Å². The molecule has 0 saturated carbocycles. The van der Waals surface area contributed by atoms with Crippen LogP contribution in [0, 0.1) is 6.92 Å². The van der Waals surface area contributed by atoms with Crippen LogP contribution in [-0.4, -0.2) is 77.7 Å². The fraction of sp³-hybridized carbons (Fsp3) is 0.423. The summed E-state index contributed by atoms with van der Waals surface area (Å²) in [7, 11) is 0. The minimum absolute atomic E-state index is 0.0210. The van der Waals surface area contributed by atoms with Crippen molar-refractivity contribution in [1.29, 1.82) is 0 Å². The molecule has 7 nitrogen and oxygen atoms in total. The zero-order valence-corrected chi connectivity index (χ0v) is 19.7. The van der Waals surface area contributed by atoms with Crippen molar-refractivity contribution in [3.63, 3.8) is 0 Å². The van der Waals surface area contributed by atoms with Gasteiger partial charge < -0.3 is 19.6 Å². The molecule has 0 radical (unpaired) electrons. The van der Waals surface area contributed by atoms with Crippen LogP contribution < -0.4 is 4.90 Å². The summed E-state index contributed by atoms with van der Waals surface area (Å²) in [5.41, 5.74) is 3.99. The highest BCUT2D eigenvalue weighted by Gasteiger charge is 2.33. The van der Waals surface area contributed by atoms with Crippen LogP contribution in [-0.2, 0) is 16.1 Å². The van der Waals surface area contributed by atoms with Gasteiger partial charge in [0.05, 0.1) is 0 Å². The van der Waals surface area contributed by atoms with Crippen LogP contribution in [0.25, 0.3) is 0 Å². The Bertz CT molecular complexity index is 1010. The van der Waals surface area contributed by atoms with Crippen molar-refractivity contribution in [1.82, 2.24) is 14.7 Å². The Hall–Kier alpha value is -3.35. The van der Waals surface area contributed by atoms with Gasteiger partial charge in [0, 0.05) is 63.1 Å². The van der Waals surface area contributed by atoms with Crippen LogP contribution in [0.2, 0.25) is 0 Å². The van der Waals surface area contributed by atoms with E-state index in [-0.39, 0.29) is 11.9 Å². The summed E-state index contributed by atoms with van der Waals surface area (Å²) >= 11 is 0. The quantitative estimate of drug-likeness (QED) is 0.660. The third kappa shape index (κ3) is 5.02. The molecule has 33 heavy (non-hydrogen) atoms. The van der Waals surface area contributed by atoms with Gasteiger partial charge in [0.15, 0.2) is 0 Å². The normalized spacial score (nSPS) is 17.2. The molecule has 0 aliphatic carbocycles. The first kappa shape index (κ1) is 22.8. The lowest BCUT2D eigenvalue weighted by Crippen LogP contribution is -2.55. The number of piperazine rings is 2. The molecule has 0 unspecified atom stereocenters. The highest BCUT2D eigenvalue weighted by molar-refractivity contribution is 6.35. The SMILES string of the molecule is Cc1ccc(N2CCN(C(=O)c3ccc(CN4CCN(C(C)C)C(=O)C4=O)cc3)CC2)cc1. The van der Waals surface area contributed by atoms with Crippen molar-refractivity contribution < 1.29 is 14.4 Å². The van der Waals surface area contributed by atoms with E-state index in [9.17, 15) is 14.4 Å². The highest BCUT2D eigenvalue weighted by Crippen LogP contribution is 2.19. The first-order valence-corrected chi connectivity index (χ1v) is 11.6. The van der Waals surface area contributed by atoms with E-state index < -0.39 is 11.8 Å². The summed E-state index contributed by atoms with van der Waals surface area (Å²) in [6.07, 6.45) is 0. The van der Waals surface area contributed by atoms with E-state index in [4.69, 9.17) is 0 Å². The lowest BCUT2D eigenvalue weighted by atomic mass is 10.1. The summed E-state index contributed by atoms with van der Waals surface area (Å²) in [4.78, 5) is 45.1. The molecule has 2 aromatic rings. The zero-order valence-electron chi connectivity index (χ0n) is 19.7. The predicted molar refractivity (Wildman–Crippen MR) is 128 cm³/mol. The van der Waals surface area contributed by atoms with E-state index in [1.54, 1.807) is 9.80 Å². The largest absolute Gasteiger partial charge is 0.368 e. The minimum atomic E-state index is -0.457. The maximum atomic E-state index is 13.0. The second kappa shape index (κ2) is 9.65. The first-order chi connectivity index (χ1) is 15.8. The Morgan fingerprint density at radius 1 is 0.818 bits per heavy atom. The number of amides is 3. The molecular weight excluding hydrogens is 416 g/mol. The summed E-state index contributed by atoms with van der Waals surface area (Å²) < 4.78 is 0. The molecule has 174 valence electrons. The second-order valence-corrected chi connectivity index (χ2v) is 9.13. The van der Waals surface area contributed by atoms with E-state index in [0.717, 1.165) is 18.7 Å². The van der Waals surface area contributed by atoms with Crippen LogP contribution in [0.3, 0.4) is 0 Å². The van der Waals surface area contributed by atoms with Crippen LogP contribution in [0.1, 0.15) is 35.3 Å². The lowest BCUT2D eigenvalue weighted by Gasteiger charge is -2.36. The molecule has 7 heteroatoms. The Labute approximate surface area is 195 Å². The molecule has 0 atom stereocenters. The van der Waals surface area contributed by atoms with Gasteiger partial charge in [-0.3, -0.25) is 14.4 Å². The second-order valence-electron chi connectivity index (χ2n) is 9.13. The fourth-order valence-electron chi connectivity index (χ4n) is 4.41. The number of nitrogens with zero attached hydrogens (tertiary/aromatic N) is 4. The summed E-state index contributed by atoms with van der Waals surface area (Å²) in [6, 6.07) is 15.9. The average molecular weight is 449 g/mol. The van der Waals surface area contributed by atoms with Crippen LogP contribution >= 0.6 is 0 Å². The van der Waals surface area contributed by atoms with Gasteiger partial charge >= 0.3 is 11.8 Å². The minimum Gasteiger partial charge on any atom is -0.368 e. The topological polar surface area (TPSA) is 64.2 Å². The van der Waals surface area contributed by atoms with Gasteiger partial charge in [-0.25, -0.2) is 0 Å². The molecule has 0 spiro atoms. The molecular formula is C26H32N4O3. The van der Waals surface area contributed by atoms with E-state index in [1.807, 2.05) is 43.0 Å². The molecule has 0 N–H and O–H groups in total. The van der Waals surface area contributed by atoms with Crippen molar-refractivity contribution in [2.75, 3.05) is 44.2 Å². The standard InChI is InChI=1S/C26H32N4O3/c1-19(2)30-17-16-29(25(32)26(30)33)18-21-6-8-22(9-7-21)24(31)28-14-12-27(13-15-28)23-10-4-20(3)5-11-23/h4-11,19H,12-18H2,1-3H3. The number of aryl methyl sites for hydroxylation is 1. The number of hydrogen-bond donors (Lipinski definition) is 0. The number of carbonyl (C=O) groups is 3. The Balaban J connectivity index is 1.32. The van der Waals surface area contributed by atoms with Crippen molar-refractivity contribution in [3.8, 4) is 0 Å². The van der Waals surface area contributed by atoms with Crippen molar-refractivity contribution >= 4 is 23.4 Å². The van der Waals surface area contributed by atoms with Crippen LogP contribution in [0.5, 0.6) is 0 Å². The van der Waals surface area contributed by atoms with Gasteiger partial charge in [0.25, 0.3) is 5.91 Å². The molecule has 4 rings (SSSR count). The van der Waals surface area contributed by atoms with Crippen molar-refractivity contribution in [2.24, 2.45) is 0 Å². The molecule has 2 heterocycles. The van der Waals surface area contributed by atoms with Gasteiger partial charge in [-0.15, -0.1) is 0 Å². The van der Waals surface area contributed by atoms with E-state index >= 15 is 0 Å². The number of carbonyl (C=O) groups excluding carboxylic acids is 3. The Kier molecular flexibility index (Phi) is 6.67. The lowest BCUT2D eigenvalue weighted by molar-refractivity contribution is -0.157. The molecule has 0 aromatic heterocycles. The highest BCUT2D eigenvalue weighted by atomic mass is 16.2. The Morgan fingerprint density at radius 3 is 2.06 bits per heavy atom. The van der Waals surface area contributed by atoms with Crippen molar-refractivity contribution in [3.05, 3.63) is 65.2 Å². The van der Waals surface area contributed by atoms with Gasteiger partial charge in [-0.05, 0) is 50.6 Å². The molecule has 2 aliphatic heterocycles. The molecule has 2 fully saturated rings. The summed E-state index contributed by atoms with van der Waals surface area (Å²) in [5, 5.41) is 0. The summed E-state index contributed by atoms with van der Waals surface area (Å²) in [5.74, 6) is -0.865. The zero-order chi connectivity index (χ0) is 23.5. The maximum Gasteiger partial charge on any atom is 0.312 e. The van der Waals surface area contributed by atoms with E-state index in [2.05, 4.69) is 36.1 Å². The molecule has 3 amide bonds. The number of benzene rings is 2. The summed E-state index contributed by atoms with van der Waals surface area (Å²) in [6.45, 7) is 10.4. The molecule has 2 aromatic carbocycles. The third-order valence-electron chi connectivity index (χ3n) is 6.51. The van der Waals surface area contributed by atoms with Gasteiger partial charge in [0.1, 0.15) is 0 Å². The molecule has 0 bridgehead atoms. The smallest absolute Gasteiger partial charge is 0.312 e. The number of anilines is 1. The third-order valence-corrected chi connectivity index (χ3v) is 6.51. The monoisotopic (exact) mass is 448 g/mol. The van der Waals surface area contributed by atoms with Gasteiger partial charge in [-0.2, -0.15) is 0 Å². The fourth-order valence-corrected chi connectivity index (χ4v) is 4.41. The predicted octanol–water partition coefficient (Wildman–Crippen LogP) is 2.54. The van der Waals surface area contributed by atoms with E-state index in [1.165, 1.54) is 11.3 Å². The maximum absolute atomic E-state index is 13.0. The van der Waals surface area contributed by atoms with Gasteiger partial charge in [-0.1, -0.05) is 29.8 Å². The van der Waals surface area contributed by atoms with Gasteiger partial charge in [0.2, 0.25) is 0 Å². The Morgan fingerprint density at radius 2 is 1.45 bits per heavy atom. The van der Waals surface area contributed by atoms with Crippen molar-refractivity contribution in [2.45, 2.75) is 33.4 Å². The number of hydrogen-bond acceptors (Lipinski definition) is 4.